The molecule has 1 heterocycles. The predicted octanol–water partition coefficient (Wildman–Crippen LogP) is 3.13. The topological polar surface area (TPSA) is 47.9 Å². The van der Waals surface area contributed by atoms with E-state index in [-0.39, 0.29) is 12.4 Å². The van der Waals surface area contributed by atoms with Gasteiger partial charge in [0, 0.05) is 6.07 Å². The lowest BCUT2D eigenvalue weighted by Crippen LogP contribution is -2.13. The van der Waals surface area contributed by atoms with E-state index in [1.54, 1.807) is 13.2 Å². The van der Waals surface area contributed by atoms with Gasteiger partial charge in [0.05, 0.1) is 19.3 Å². The van der Waals surface area contributed by atoms with Crippen molar-refractivity contribution < 1.29 is 19.3 Å². The van der Waals surface area contributed by atoms with Gasteiger partial charge in [-0.3, -0.25) is 0 Å². The average Bonchev–Trinajstić information content (AvgIpc) is 2.41. The standard InChI is InChI=1S/C14H18O4/c1-3-4-7-17-14-11-6-5-10(16-2)8-13(11)18-9-12(14)15/h5-6,8,15H,3-4,7,9H2,1-2H3. The molecule has 98 valence electrons. The van der Waals surface area contributed by atoms with Crippen LogP contribution in [-0.2, 0) is 4.74 Å². The van der Waals surface area contributed by atoms with Gasteiger partial charge in [0.25, 0.3) is 0 Å². The molecule has 0 saturated carbocycles. The molecule has 0 radical (unpaired) electrons. The zero-order chi connectivity index (χ0) is 13.0. The van der Waals surface area contributed by atoms with Gasteiger partial charge < -0.3 is 19.3 Å². The van der Waals surface area contributed by atoms with Gasteiger partial charge in [0.15, 0.2) is 11.5 Å². The molecule has 1 aromatic rings. The van der Waals surface area contributed by atoms with Crippen LogP contribution < -0.4 is 9.47 Å². The Morgan fingerprint density at radius 3 is 2.94 bits per heavy atom. The van der Waals surface area contributed by atoms with E-state index in [4.69, 9.17) is 14.2 Å². The molecule has 0 fully saturated rings. The normalized spacial score (nSPS) is 13.9. The number of aliphatic hydroxyl groups excluding tert-OH is 1. The second-order valence-electron chi connectivity index (χ2n) is 4.13. The molecule has 4 nitrogen and oxygen atoms in total. The second-order valence-corrected chi connectivity index (χ2v) is 4.13. The summed E-state index contributed by atoms with van der Waals surface area (Å²) in [7, 11) is 1.61. The Morgan fingerprint density at radius 2 is 2.22 bits per heavy atom. The lowest BCUT2D eigenvalue weighted by atomic mass is 10.1. The predicted molar refractivity (Wildman–Crippen MR) is 68.9 cm³/mol. The molecule has 4 heteroatoms. The van der Waals surface area contributed by atoms with Gasteiger partial charge in [0.2, 0.25) is 0 Å². The number of hydrogen-bond acceptors (Lipinski definition) is 4. The van der Waals surface area contributed by atoms with E-state index in [0.717, 1.165) is 24.2 Å². The molecule has 0 atom stereocenters. The van der Waals surface area contributed by atoms with Crippen molar-refractivity contribution in [2.45, 2.75) is 19.8 Å². The number of methoxy groups -OCH3 is 1. The van der Waals surface area contributed by atoms with Crippen LogP contribution in [0.3, 0.4) is 0 Å². The van der Waals surface area contributed by atoms with E-state index in [9.17, 15) is 5.11 Å². The zero-order valence-electron chi connectivity index (χ0n) is 10.7. The van der Waals surface area contributed by atoms with Crippen LogP contribution in [0, 0.1) is 0 Å². The molecule has 2 rings (SSSR count). The van der Waals surface area contributed by atoms with Gasteiger partial charge in [-0.15, -0.1) is 0 Å². The average molecular weight is 250 g/mol. The van der Waals surface area contributed by atoms with Gasteiger partial charge in [-0.2, -0.15) is 0 Å². The van der Waals surface area contributed by atoms with Gasteiger partial charge >= 0.3 is 0 Å². The maximum atomic E-state index is 9.84. The number of rotatable bonds is 5. The number of benzene rings is 1. The summed E-state index contributed by atoms with van der Waals surface area (Å²) in [5, 5.41) is 9.84. The highest BCUT2D eigenvalue weighted by atomic mass is 16.5. The van der Waals surface area contributed by atoms with Crippen LogP contribution in [0.5, 0.6) is 11.5 Å². The lowest BCUT2D eigenvalue weighted by Gasteiger charge is -2.21. The number of fused-ring (bicyclic) bond motifs is 1. The maximum absolute atomic E-state index is 9.84. The Bertz CT molecular complexity index is 451. The highest BCUT2D eigenvalue weighted by Crippen LogP contribution is 2.35. The quantitative estimate of drug-likeness (QED) is 0.816. The minimum Gasteiger partial charge on any atom is -0.505 e. The van der Waals surface area contributed by atoms with Crippen LogP contribution in [0.1, 0.15) is 25.3 Å². The molecule has 0 saturated heterocycles. The molecule has 1 aromatic carbocycles. The first kappa shape index (κ1) is 12.6. The first-order valence-electron chi connectivity index (χ1n) is 6.12. The fraction of sp³-hybridized carbons (Fsp3) is 0.429. The van der Waals surface area contributed by atoms with Gasteiger partial charge in [-0.1, -0.05) is 13.3 Å². The van der Waals surface area contributed by atoms with Crippen LogP contribution in [0.25, 0.3) is 5.76 Å². The summed E-state index contributed by atoms with van der Waals surface area (Å²) in [4.78, 5) is 0. The summed E-state index contributed by atoms with van der Waals surface area (Å²) in [6.45, 7) is 2.84. The smallest absolute Gasteiger partial charge is 0.173 e. The fourth-order valence-corrected chi connectivity index (χ4v) is 1.78. The molecule has 1 aliphatic heterocycles. The van der Waals surface area contributed by atoms with Crippen molar-refractivity contribution in [1.29, 1.82) is 0 Å². The third-order valence-corrected chi connectivity index (χ3v) is 2.80. The van der Waals surface area contributed by atoms with Crippen LogP contribution in [0.2, 0.25) is 0 Å². The Kier molecular flexibility index (Phi) is 3.97. The van der Waals surface area contributed by atoms with E-state index < -0.39 is 0 Å². The zero-order valence-corrected chi connectivity index (χ0v) is 10.7. The van der Waals surface area contributed by atoms with E-state index in [2.05, 4.69) is 6.92 Å². The minimum atomic E-state index is 0.141. The van der Waals surface area contributed by atoms with E-state index in [0.29, 0.717) is 18.1 Å². The highest BCUT2D eigenvalue weighted by Gasteiger charge is 2.21. The van der Waals surface area contributed by atoms with Crippen molar-refractivity contribution in [3.05, 3.63) is 29.5 Å². The second kappa shape index (κ2) is 5.67. The van der Waals surface area contributed by atoms with Crippen molar-refractivity contribution in [1.82, 2.24) is 0 Å². The van der Waals surface area contributed by atoms with Crippen LogP contribution >= 0.6 is 0 Å². The largest absolute Gasteiger partial charge is 0.505 e. The Hall–Kier alpha value is -1.84. The van der Waals surface area contributed by atoms with Crippen molar-refractivity contribution >= 4 is 5.76 Å². The molecule has 0 aromatic heterocycles. The Balaban J connectivity index is 2.24. The van der Waals surface area contributed by atoms with Crippen molar-refractivity contribution in [3.8, 4) is 11.5 Å². The van der Waals surface area contributed by atoms with Crippen molar-refractivity contribution in [3.63, 3.8) is 0 Å². The maximum Gasteiger partial charge on any atom is 0.173 e. The van der Waals surface area contributed by atoms with Crippen molar-refractivity contribution in [2.24, 2.45) is 0 Å². The Morgan fingerprint density at radius 1 is 1.39 bits per heavy atom. The van der Waals surface area contributed by atoms with Crippen LogP contribution in [0.15, 0.2) is 24.0 Å². The van der Waals surface area contributed by atoms with Gasteiger partial charge in [-0.25, -0.2) is 0 Å². The summed E-state index contributed by atoms with van der Waals surface area (Å²) in [6, 6.07) is 5.46. The SMILES string of the molecule is CCCCOC1=C(O)COc2cc(OC)ccc21. The summed E-state index contributed by atoms with van der Waals surface area (Å²) in [5.74, 6) is 2.07. The number of hydrogen-bond donors (Lipinski definition) is 1. The number of aliphatic hydroxyl groups is 1. The summed E-state index contributed by atoms with van der Waals surface area (Å²) >= 11 is 0. The molecule has 0 bridgehead atoms. The van der Waals surface area contributed by atoms with E-state index in [1.807, 2.05) is 12.1 Å². The monoisotopic (exact) mass is 250 g/mol. The first-order chi connectivity index (χ1) is 8.76. The molecule has 0 unspecified atom stereocenters. The van der Waals surface area contributed by atoms with Crippen LogP contribution in [0.4, 0.5) is 0 Å². The minimum absolute atomic E-state index is 0.141. The lowest BCUT2D eigenvalue weighted by molar-refractivity contribution is 0.211. The third-order valence-electron chi connectivity index (χ3n) is 2.80. The summed E-state index contributed by atoms with van der Waals surface area (Å²) in [5.41, 5.74) is 0.774. The summed E-state index contributed by atoms with van der Waals surface area (Å²) in [6.07, 6.45) is 2.02. The van der Waals surface area contributed by atoms with Gasteiger partial charge in [-0.05, 0) is 18.6 Å². The molecule has 1 N–H and O–H groups in total. The summed E-state index contributed by atoms with van der Waals surface area (Å²) < 4.78 is 16.2. The van der Waals surface area contributed by atoms with Crippen LogP contribution in [-0.4, -0.2) is 25.4 Å². The molecular weight excluding hydrogens is 232 g/mol. The number of ether oxygens (including phenoxy) is 3. The molecule has 18 heavy (non-hydrogen) atoms. The molecule has 0 amide bonds. The van der Waals surface area contributed by atoms with E-state index in [1.165, 1.54) is 0 Å². The molecule has 0 aliphatic carbocycles. The molecule has 0 spiro atoms. The van der Waals surface area contributed by atoms with Crippen molar-refractivity contribution in [2.75, 3.05) is 20.3 Å². The van der Waals surface area contributed by atoms with E-state index >= 15 is 0 Å². The first-order valence-corrected chi connectivity index (χ1v) is 6.12. The van der Waals surface area contributed by atoms with Gasteiger partial charge in [0.1, 0.15) is 18.1 Å². The molecule has 1 aliphatic rings. The number of unbranched alkanes of at least 4 members (excludes halogenated alkanes) is 1. The molecular formula is C14H18O4. The third kappa shape index (κ3) is 2.53. The fourth-order valence-electron chi connectivity index (χ4n) is 1.78. The Labute approximate surface area is 107 Å². The highest BCUT2D eigenvalue weighted by molar-refractivity contribution is 5.70.